The van der Waals surface area contributed by atoms with Crippen molar-refractivity contribution in [2.45, 2.75) is 6.04 Å². The molecule has 0 amide bonds. The third-order valence-corrected chi connectivity index (χ3v) is 2.65. The Kier molecular flexibility index (Phi) is 2.45. The molecule has 0 spiro atoms. The van der Waals surface area contributed by atoms with E-state index in [0.717, 1.165) is 5.56 Å². The van der Waals surface area contributed by atoms with Crippen molar-refractivity contribution < 1.29 is 4.39 Å². The summed E-state index contributed by atoms with van der Waals surface area (Å²) in [5, 5.41) is 0. The van der Waals surface area contributed by atoms with Crippen LogP contribution in [0.15, 0.2) is 30.9 Å². The van der Waals surface area contributed by atoms with Gasteiger partial charge in [-0.25, -0.2) is 9.97 Å². The molecule has 3 heterocycles. The van der Waals surface area contributed by atoms with Gasteiger partial charge in [0.25, 0.3) is 0 Å². The Morgan fingerprint density at radius 2 is 2.00 bits per heavy atom. The smallest absolute Gasteiger partial charge is 0.311 e. The van der Waals surface area contributed by atoms with Crippen LogP contribution in [0.3, 0.4) is 0 Å². The lowest BCUT2D eigenvalue weighted by molar-refractivity contribution is 0.534. The Hall–Kier alpha value is -2.41. The van der Waals surface area contributed by atoms with Crippen molar-refractivity contribution in [2.75, 3.05) is 0 Å². The predicted molar refractivity (Wildman–Crippen MR) is 61.9 cm³/mol. The number of aromatic amines is 1. The number of imidazole rings is 1. The van der Waals surface area contributed by atoms with Crippen LogP contribution in [0.1, 0.15) is 17.3 Å². The molecule has 3 aromatic heterocycles. The third-order valence-electron chi connectivity index (χ3n) is 2.65. The topological polar surface area (TPSA) is 93.4 Å². The van der Waals surface area contributed by atoms with E-state index in [2.05, 4.69) is 24.9 Å². The number of fused-ring (bicyclic) bond motifs is 1. The van der Waals surface area contributed by atoms with Crippen molar-refractivity contribution in [2.24, 2.45) is 5.73 Å². The highest BCUT2D eigenvalue weighted by Gasteiger charge is 2.17. The van der Waals surface area contributed by atoms with Crippen LogP contribution >= 0.6 is 0 Å². The molecule has 0 radical (unpaired) electrons. The van der Waals surface area contributed by atoms with Gasteiger partial charge in [0.2, 0.25) is 0 Å². The lowest BCUT2D eigenvalue weighted by Crippen LogP contribution is -2.15. The van der Waals surface area contributed by atoms with E-state index in [1.807, 2.05) is 0 Å². The molecule has 3 rings (SSSR count). The van der Waals surface area contributed by atoms with E-state index in [1.165, 1.54) is 6.33 Å². The largest absolute Gasteiger partial charge is 0.342 e. The first-order chi connectivity index (χ1) is 8.75. The van der Waals surface area contributed by atoms with Crippen LogP contribution in [0.25, 0.3) is 11.2 Å². The van der Waals surface area contributed by atoms with Gasteiger partial charge in [-0.2, -0.15) is 9.37 Å². The minimum atomic E-state index is -0.839. The average Bonchev–Trinajstić information content (AvgIpc) is 2.86. The van der Waals surface area contributed by atoms with Crippen LogP contribution in [-0.2, 0) is 0 Å². The fourth-order valence-electron chi connectivity index (χ4n) is 1.78. The Bertz CT molecular complexity index is 680. The molecule has 0 aliphatic rings. The molecule has 0 aliphatic heterocycles. The Morgan fingerprint density at radius 1 is 1.22 bits per heavy atom. The maximum atomic E-state index is 13.3. The molecule has 18 heavy (non-hydrogen) atoms. The van der Waals surface area contributed by atoms with Gasteiger partial charge in [0, 0.05) is 12.4 Å². The van der Waals surface area contributed by atoms with Crippen LogP contribution < -0.4 is 5.73 Å². The van der Waals surface area contributed by atoms with E-state index in [1.54, 1.807) is 24.5 Å². The van der Waals surface area contributed by atoms with Gasteiger partial charge in [0.1, 0.15) is 5.52 Å². The molecule has 3 aromatic rings. The molecule has 0 aromatic carbocycles. The molecule has 90 valence electrons. The number of aromatic nitrogens is 5. The van der Waals surface area contributed by atoms with Crippen molar-refractivity contribution in [3.8, 4) is 0 Å². The molecule has 1 unspecified atom stereocenters. The quantitative estimate of drug-likeness (QED) is 0.654. The lowest BCUT2D eigenvalue weighted by atomic mass is 10.1. The highest BCUT2D eigenvalue weighted by Crippen LogP contribution is 2.22. The van der Waals surface area contributed by atoms with Crippen molar-refractivity contribution >= 4 is 11.2 Å². The second kappa shape index (κ2) is 4.11. The second-order valence-corrected chi connectivity index (χ2v) is 3.74. The van der Waals surface area contributed by atoms with E-state index in [4.69, 9.17) is 5.73 Å². The van der Waals surface area contributed by atoms with Crippen LogP contribution in [0.5, 0.6) is 0 Å². The fraction of sp³-hybridized carbons (Fsp3) is 0.0909. The first-order valence-corrected chi connectivity index (χ1v) is 5.27. The molecule has 6 nitrogen and oxygen atoms in total. The van der Waals surface area contributed by atoms with Crippen LogP contribution in [0.4, 0.5) is 4.39 Å². The van der Waals surface area contributed by atoms with E-state index in [0.29, 0.717) is 11.2 Å². The summed E-state index contributed by atoms with van der Waals surface area (Å²) in [4.78, 5) is 18.0. The van der Waals surface area contributed by atoms with Gasteiger partial charge in [-0.05, 0) is 17.7 Å². The summed E-state index contributed by atoms with van der Waals surface area (Å²) in [5.41, 5.74) is 8.05. The highest BCUT2D eigenvalue weighted by molar-refractivity contribution is 5.73. The van der Waals surface area contributed by atoms with Gasteiger partial charge in [-0.1, -0.05) is 0 Å². The fourth-order valence-corrected chi connectivity index (χ4v) is 1.78. The summed E-state index contributed by atoms with van der Waals surface area (Å²) in [7, 11) is 0. The van der Waals surface area contributed by atoms with E-state index < -0.39 is 12.1 Å². The van der Waals surface area contributed by atoms with Crippen molar-refractivity contribution in [3.63, 3.8) is 0 Å². The Morgan fingerprint density at radius 3 is 2.78 bits per heavy atom. The number of pyridine rings is 1. The first-order valence-electron chi connectivity index (χ1n) is 5.27. The molecule has 0 fully saturated rings. The number of nitrogens with zero attached hydrogens (tertiary/aromatic N) is 4. The molecular weight excluding hydrogens is 235 g/mol. The molecule has 0 aliphatic carbocycles. The molecule has 7 heteroatoms. The molecule has 1 atom stereocenters. The number of nitrogens with two attached hydrogens (primary N) is 1. The maximum absolute atomic E-state index is 13.3. The van der Waals surface area contributed by atoms with Crippen molar-refractivity contribution in [1.29, 1.82) is 0 Å². The Balaban J connectivity index is 2.17. The standard InChI is InChI=1S/C11H9FN6/c12-11-17-8(9-10(18-11)16-5-15-9)7(13)6-1-3-14-4-2-6/h1-5,7H,13H2,(H,15,16,17,18). The third kappa shape index (κ3) is 1.70. The van der Waals surface area contributed by atoms with Gasteiger partial charge in [0.15, 0.2) is 5.65 Å². The van der Waals surface area contributed by atoms with Crippen LogP contribution in [0.2, 0.25) is 0 Å². The average molecular weight is 244 g/mol. The SMILES string of the molecule is NC(c1ccncc1)c1nc(F)nc2nc[nH]c12. The summed E-state index contributed by atoms with van der Waals surface area (Å²) in [5.74, 6) is 0. The molecule has 0 saturated carbocycles. The summed E-state index contributed by atoms with van der Waals surface area (Å²) in [6.45, 7) is 0. The molecule has 0 bridgehead atoms. The Labute approximate surface area is 101 Å². The normalized spacial score (nSPS) is 12.8. The number of H-pyrrole nitrogens is 1. The number of halogens is 1. The van der Waals surface area contributed by atoms with Gasteiger partial charge >= 0.3 is 6.08 Å². The zero-order valence-corrected chi connectivity index (χ0v) is 9.21. The van der Waals surface area contributed by atoms with E-state index >= 15 is 0 Å². The van der Waals surface area contributed by atoms with Gasteiger partial charge < -0.3 is 10.7 Å². The van der Waals surface area contributed by atoms with Crippen molar-refractivity contribution in [3.05, 3.63) is 48.2 Å². The minimum Gasteiger partial charge on any atom is -0.342 e. The summed E-state index contributed by atoms with van der Waals surface area (Å²) in [6.07, 6.45) is 3.84. The zero-order valence-electron chi connectivity index (χ0n) is 9.21. The highest BCUT2D eigenvalue weighted by atomic mass is 19.1. The van der Waals surface area contributed by atoms with E-state index in [-0.39, 0.29) is 5.65 Å². The number of rotatable bonds is 2. The lowest BCUT2D eigenvalue weighted by Gasteiger charge is -2.11. The van der Waals surface area contributed by atoms with Crippen LogP contribution in [0, 0.1) is 6.08 Å². The van der Waals surface area contributed by atoms with E-state index in [9.17, 15) is 4.39 Å². The second-order valence-electron chi connectivity index (χ2n) is 3.74. The number of hydrogen-bond acceptors (Lipinski definition) is 5. The predicted octanol–water partition coefficient (Wildman–Crippen LogP) is 0.935. The van der Waals surface area contributed by atoms with Gasteiger partial charge in [-0.15, -0.1) is 0 Å². The van der Waals surface area contributed by atoms with Gasteiger partial charge in [-0.3, -0.25) is 4.98 Å². The summed E-state index contributed by atoms with van der Waals surface area (Å²) in [6, 6.07) is 2.95. The summed E-state index contributed by atoms with van der Waals surface area (Å²) < 4.78 is 13.3. The molecule has 0 saturated heterocycles. The van der Waals surface area contributed by atoms with Crippen LogP contribution in [-0.4, -0.2) is 24.9 Å². The van der Waals surface area contributed by atoms with Crippen molar-refractivity contribution in [1.82, 2.24) is 24.9 Å². The molecular formula is C11H9FN6. The minimum absolute atomic E-state index is 0.266. The first kappa shape index (κ1) is 10.7. The number of nitrogens with one attached hydrogen (secondary N) is 1. The number of hydrogen-bond donors (Lipinski definition) is 2. The zero-order chi connectivity index (χ0) is 12.5. The summed E-state index contributed by atoms with van der Waals surface area (Å²) >= 11 is 0. The van der Waals surface area contributed by atoms with Gasteiger partial charge in [0.05, 0.1) is 18.1 Å². The maximum Gasteiger partial charge on any atom is 0.311 e. The molecule has 3 N–H and O–H groups in total. The monoisotopic (exact) mass is 244 g/mol.